The molecule has 3 aromatic heterocycles. The summed E-state index contributed by atoms with van der Waals surface area (Å²) < 4.78 is 9.25. The molecule has 0 radical (unpaired) electrons. The zero-order chi connectivity index (χ0) is 33.0. The third-order valence-electron chi connectivity index (χ3n) is 9.35. The molecule has 0 saturated heterocycles. The van der Waals surface area contributed by atoms with E-state index >= 15 is 0 Å². The van der Waals surface area contributed by atoms with E-state index < -0.39 is 0 Å². The van der Waals surface area contributed by atoms with Crippen molar-refractivity contribution >= 4 is 53.4 Å². The van der Waals surface area contributed by atoms with Gasteiger partial charge in [-0.1, -0.05) is 133 Å². The van der Waals surface area contributed by atoms with Crippen LogP contribution >= 0.6 is 11.3 Å². The molecule has 7 aromatic carbocycles. The van der Waals surface area contributed by atoms with E-state index in [1.807, 2.05) is 72.0 Å². The summed E-state index contributed by atoms with van der Waals surface area (Å²) in [6, 6.07) is 56.9. The topological polar surface area (TPSA) is 51.8 Å². The van der Waals surface area contributed by atoms with E-state index in [2.05, 4.69) is 103 Å². The van der Waals surface area contributed by atoms with Crippen LogP contribution in [0, 0.1) is 0 Å². The summed E-state index contributed by atoms with van der Waals surface area (Å²) in [6.45, 7) is 0. The Morgan fingerprint density at radius 2 is 0.960 bits per heavy atom. The Kier molecular flexibility index (Phi) is 6.64. The standard InChI is InChI=1S/C45H27N3OS/c1-4-11-28(12-5-1)31-21-24-40-38(25-31)36-23-19-32(27-41(36)50-40)34-17-10-18-37-35-22-20-33(26-39(35)49-42(34)37)45-47-43(29-13-6-2-7-14-29)46-44(48-45)30-15-8-3-9-16-30/h1-27H. The first-order valence-electron chi connectivity index (χ1n) is 16.6. The molecule has 0 bridgehead atoms. The molecule has 0 N–H and O–H groups in total. The van der Waals surface area contributed by atoms with E-state index in [0.717, 1.165) is 49.8 Å². The SMILES string of the molecule is c1ccc(-c2ccc3sc4cc(-c5cccc6c5oc5cc(-c7nc(-c8ccccc8)nc(-c8ccccc8)n7)ccc56)ccc4c3c2)cc1. The lowest BCUT2D eigenvalue weighted by molar-refractivity contribution is 0.670. The van der Waals surface area contributed by atoms with E-state index in [1.54, 1.807) is 0 Å². The van der Waals surface area contributed by atoms with Gasteiger partial charge in [-0.25, -0.2) is 15.0 Å². The minimum absolute atomic E-state index is 0.603. The predicted octanol–water partition coefficient (Wildman–Crippen LogP) is 12.5. The number of benzene rings is 7. The van der Waals surface area contributed by atoms with Crippen LogP contribution in [0.2, 0.25) is 0 Å². The molecule has 0 aliphatic rings. The van der Waals surface area contributed by atoms with Crippen molar-refractivity contribution in [2.75, 3.05) is 0 Å². The number of aromatic nitrogens is 3. The molecule has 0 atom stereocenters. The third-order valence-corrected chi connectivity index (χ3v) is 10.5. The van der Waals surface area contributed by atoms with Crippen molar-refractivity contribution < 1.29 is 4.42 Å². The first-order chi connectivity index (χ1) is 24.7. The van der Waals surface area contributed by atoms with E-state index in [-0.39, 0.29) is 0 Å². The molecule has 0 unspecified atom stereocenters. The largest absolute Gasteiger partial charge is 0.455 e. The molecule has 234 valence electrons. The monoisotopic (exact) mass is 657 g/mol. The van der Waals surface area contributed by atoms with Crippen LogP contribution in [0.3, 0.4) is 0 Å². The van der Waals surface area contributed by atoms with Crippen LogP contribution in [-0.2, 0) is 0 Å². The van der Waals surface area contributed by atoms with E-state index in [9.17, 15) is 0 Å². The van der Waals surface area contributed by atoms with Crippen molar-refractivity contribution in [3.05, 3.63) is 164 Å². The molecule has 0 spiro atoms. The lowest BCUT2D eigenvalue weighted by Gasteiger charge is -2.08. The van der Waals surface area contributed by atoms with E-state index in [1.165, 1.54) is 31.3 Å². The highest BCUT2D eigenvalue weighted by atomic mass is 32.1. The molecule has 50 heavy (non-hydrogen) atoms. The second-order valence-electron chi connectivity index (χ2n) is 12.4. The van der Waals surface area contributed by atoms with Gasteiger partial charge in [-0.2, -0.15) is 0 Å². The molecular weight excluding hydrogens is 631 g/mol. The Bertz CT molecular complexity index is 2800. The summed E-state index contributed by atoms with van der Waals surface area (Å²) in [5, 5.41) is 4.70. The fourth-order valence-electron chi connectivity index (χ4n) is 6.86. The molecule has 0 fully saturated rings. The molecular formula is C45H27N3OS. The van der Waals surface area contributed by atoms with Crippen LogP contribution < -0.4 is 0 Å². The van der Waals surface area contributed by atoms with Crippen LogP contribution in [0.15, 0.2) is 168 Å². The van der Waals surface area contributed by atoms with Gasteiger partial charge in [-0.3, -0.25) is 0 Å². The van der Waals surface area contributed by atoms with Gasteiger partial charge in [0.2, 0.25) is 0 Å². The lowest BCUT2D eigenvalue weighted by atomic mass is 9.99. The maximum atomic E-state index is 6.70. The van der Waals surface area contributed by atoms with Gasteiger partial charge in [0, 0.05) is 53.2 Å². The average molecular weight is 658 g/mol. The summed E-state index contributed by atoms with van der Waals surface area (Å²) >= 11 is 1.83. The van der Waals surface area contributed by atoms with Crippen LogP contribution in [-0.4, -0.2) is 15.0 Å². The quantitative estimate of drug-likeness (QED) is 0.185. The van der Waals surface area contributed by atoms with Gasteiger partial charge < -0.3 is 4.42 Å². The van der Waals surface area contributed by atoms with Gasteiger partial charge in [0.1, 0.15) is 11.2 Å². The molecule has 5 heteroatoms. The Morgan fingerprint density at radius 3 is 1.66 bits per heavy atom. The first-order valence-corrected chi connectivity index (χ1v) is 17.4. The van der Waals surface area contributed by atoms with Gasteiger partial charge in [0.25, 0.3) is 0 Å². The second kappa shape index (κ2) is 11.6. The second-order valence-corrected chi connectivity index (χ2v) is 13.5. The maximum absolute atomic E-state index is 6.70. The third kappa shape index (κ3) is 4.87. The lowest BCUT2D eigenvalue weighted by Crippen LogP contribution is -2.00. The van der Waals surface area contributed by atoms with Gasteiger partial charge in [0.05, 0.1) is 0 Å². The Labute approximate surface area is 292 Å². The fraction of sp³-hybridized carbons (Fsp3) is 0. The van der Waals surface area contributed by atoms with Crippen LogP contribution in [0.5, 0.6) is 0 Å². The van der Waals surface area contributed by atoms with Crippen molar-refractivity contribution in [3.63, 3.8) is 0 Å². The van der Waals surface area contributed by atoms with Crippen molar-refractivity contribution in [2.45, 2.75) is 0 Å². The van der Waals surface area contributed by atoms with Crippen molar-refractivity contribution in [3.8, 4) is 56.4 Å². The molecule has 4 nitrogen and oxygen atoms in total. The number of thiophene rings is 1. The van der Waals surface area contributed by atoms with E-state index in [4.69, 9.17) is 19.4 Å². The fourth-order valence-corrected chi connectivity index (χ4v) is 7.98. The van der Waals surface area contributed by atoms with Gasteiger partial charge in [-0.15, -0.1) is 11.3 Å². The molecule has 0 saturated carbocycles. The highest BCUT2D eigenvalue weighted by molar-refractivity contribution is 7.25. The molecule has 0 amide bonds. The summed E-state index contributed by atoms with van der Waals surface area (Å²) in [5.74, 6) is 1.87. The Balaban J connectivity index is 1.08. The highest BCUT2D eigenvalue weighted by Gasteiger charge is 2.17. The van der Waals surface area contributed by atoms with Crippen molar-refractivity contribution in [1.29, 1.82) is 0 Å². The Morgan fingerprint density at radius 1 is 0.360 bits per heavy atom. The van der Waals surface area contributed by atoms with Gasteiger partial charge in [-0.05, 0) is 47.0 Å². The van der Waals surface area contributed by atoms with Crippen molar-refractivity contribution in [1.82, 2.24) is 15.0 Å². The minimum Gasteiger partial charge on any atom is -0.455 e. The minimum atomic E-state index is 0.603. The molecule has 0 aliphatic carbocycles. The molecule has 10 rings (SSSR count). The molecule has 3 heterocycles. The smallest absolute Gasteiger partial charge is 0.164 e. The zero-order valence-electron chi connectivity index (χ0n) is 26.7. The highest BCUT2D eigenvalue weighted by Crippen LogP contribution is 2.41. The Hall–Kier alpha value is -6.43. The number of para-hydroxylation sites is 1. The number of furan rings is 1. The average Bonchev–Trinajstić information content (AvgIpc) is 3.76. The summed E-state index contributed by atoms with van der Waals surface area (Å²) in [7, 11) is 0. The van der Waals surface area contributed by atoms with Gasteiger partial charge >= 0.3 is 0 Å². The van der Waals surface area contributed by atoms with Gasteiger partial charge in [0.15, 0.2) is 17.5 Å². The molecule has 10 aromatic rings. The molecule has 0 aliphatic heterocycles. The number of rotatable bonds is 5. The first kappa shape index (κ1) is 28.6. The normalized spacial score (nSPS) is 11.6. The van der Waals surface area contributed by atoms with Crippen LogP contribution in [0.4, 0.5) is 0 Å². The maximum Gasteiger partial charge on any atom is 0.164 e. The summed E-state index contributed by atoms with van der Waals surface area (Å²) in [4.78, 5) is 14.7. The van der Waals surface area contributed by atoms with Crippen LogP contribution in [0.25, 0.3) is 98.5 Å². The zero-order valence-corrected chi connectivity index (χ0v) is 27.6. The number of nitrogens with zero attached hydrogens (tertiary/aromatic N) is 3. The van der Waals surface area contributed by atoms with Crippen molar-refractivity contribution in [2.24, 2.45) is 0 Å². The summed E-state index contributed by atoms with van der Waals surface area (Å²) in [6.07, 6.45) is 0. The summed E-state index contributed by atoms with van der Waals surface area (Å²) in [5.41, 5.74) is 9.09. The van der Waals surface area contributed by atoms with Crippen LogP contribution in [0.1, 0.15) is 0 Å². The predicted molar refractivity (Wildman–Crippen MR) is 207 cm³/mol. The number of hydrogen-bond acceptors (Lipinski definition) is 5. The number of hydrogen-bond donors (Lipinski definition) is 0. The van der Waals surface area contributed by atoms with E-state index in [0.29, 0.717) is 17.5 Å². The number of fused-ring (bicyclic) bond motifs is 6.